The van der Waals surface area contributed by atoms with E-state index in [2.05, 4.69) is 27.7 Å². The van der Waals surface area contributed by atoms with E-state index in [4.69, 9.17) is 0 Å². The van der Waals surface area contributed by atoms with Gasteiger partial charge in [0, 0.05) is 0 Å². The van der Waals surface area contributed by atoms with Crippen molar-refractivity contribution in [1.29, 1.82) is 0 Å². The number of hydrogen-bond acceptors (Lipinski definition) is 0. The van der Waals surface area contributed by atoms with Crippen LogP contribution in [-0.4, -0.2) is 0 Å². The highest BCUT2D eigenvalue weighted by Gasteiger charge is 2.35. The Morgan fingerprint density at radius 2 is 1.04 bits per heavy atom. The molecule has 3 saturated carbocycles. The fourth-order valence-electron chi connectivity index (χ4n) is 6.64. The number of hydrogen-bond donors (Lipinski definition) is 0. The van der Waals surface area contributed by atoms with Crippen LogP contribution in [0, 0.1) is 47.3 Å². The minimum absolute atomic E-state index is 0.971. The molecule has 3 aliphatic rings. The third-order valence-electron chi connectivity index (χ3n) is 8.81. The Labute approximate surface area is 152 Å². The molecule has 0 aromatic rings. The molecule has 0 aromatic carbocycles. The average molecular weight is 333 g/mol. The molecule has 6 atom stereocenters. The fraction of sp³-hybridized carbons (Fsp3) is 1.00. The van der Waals surface area contributed by atoms with Crippen LogP contribution < -0.4 is 0 Å². The van der Waals surface area contributed by atoms with Gasteiger partial charge < -0.3 is 0 Å². The minimum atomic E-state index is 0.971. The summed E-state index contributed by atoms with van der Waals surface area (Å²) in [5, 5.41) is 0. The lowest BCUT2D eigenvalue weighted by molar-refractivity contribution is 0.0888. The third kappa shape index (κ3) is 4.59. The number of rotatable bonds is 2. The zero-order chi connectivity index (χ0) is 17.1. The van der Waals surface area contributed by atoms with Crippen molar-refractivity contribution in [3.8, 4) is 0 Å². The molecule has 3 aliphatic carbocycles. The van der Waals surface area contributed by atoms with Gasteiger partial charge in [-0.05, 0) is 85.9 Å². The summed E-state index contributed by atoms with van der Waals surface area (Å²) in [6, 6.07) is 0. The van der Waals surface area contributed by atoms with Crippen LogP contribution in [0.3, 0.4) is 0 Å². The van der Waals surface area contributed by atoms with Crippen molar-refractivity contribution in [2.45, 2.75) is 105 Å². The smallest absolute Gasteiger partial charge is 0.0360 e. The van der Waals surface area contributed by atoms with Crippen molar-refractivity contribution >= 4 is 0 Å². The molecule has 0 heterocycles. The van der Waals surface area contributed by atoms with E-state index >= 15 is 0 Å². The van der Waals surface area contributed by atoms with E-state index in [1.165, 1.54) is 44.9 Å². The van der Waals surface area contributed by atoms with Crippen LogP contribution in [0.25, 0.3) is 0 Å². The lowest BCUT2D eigenvalue weighted by Crippen LogP contribution is -2.31. The van der Waals surface area contributed by atoms with Gasteiger partial charge in [0.05, 0.1) is 0 Å². The zero-order valence-electron chi connectivity index (χ0n) is 17.1. The molecule has 0 spiro atoms. The van der Waals surface area contributed by atoms with Gasteiger partial charge in [0.15, 0.2) is 0 Å². The molecule has 0 radical (unpaired) electrons. The summed E-state index contributed by atoms with van der Waals surface area (Å²) in [5.41, 5.74) is 0. The van der Waals surface area contributed by atoms with Crippen LogP contribution in [0.1, 0.15) is 105 Å². The van der Waals surface area contributed by atoms with Gasteiger partial charge in [-0.15, -0.1) is 0 Å². The van der Waals surface area contributed by atoms with Crippen molar-refractivity contribution in [2.24, 2.45) is 47.3 Å². The van der Waals surface area contributed by atoms with Gasteiger partial charge >= 0.3 is 0 Å². The molecule has 0 N–H and O–H groups in total. The minimum Gasteiger partial charge on any atom is -0.0625 e. The summed E-state index contributed by atoms with van der Waals surface area (Å²) >= 11 is 0. The second kappa shape index (κ2) is 8.59. The van der Waals surface area contributed by atoms with E-state index in [0.29, 0.717) is 0 Å². The molecule has 140 valence electrons. The van der Waals surface area contributed by atoms with Gasteiger partial charge in [-0.3, -0.25) is 0 Å². The first-order valence-corrected chi connectivity index (χ1v) is 11.5. The second-order valence-corrected chi connectivity index (χ2v) is 10.5. The van der Waals surface area contributed by atoms with E-state index in [9.17, 15) is 0 Å². The van der Waals surface area contributed by atoms with Crippen LogP contribution in [0.2, 0.25) is 0 Å². The Morgan fingerprint density at radius 3 is 1.75 bits per heavy atom. The lowest BCUT2D eigenvalue weighted by Gasteiger charge is -2.42. The molecular formula is C24H44. The first kappa shape index (κ1) is 18.8. The van der Waals surface area contributed by atoms with E-state index in [0.717, 1.165) is 47.3 Å². The van der Waals surface area contributed by atoms with Gasteiger partial charge in [-0.2, -0.15) is 0 Å². The molecule has 3 rings (SSSR count). The van der Waals surface area contributed by atoms with Crippen LogP contribution >= 0.6 is 0 Å². The molecular weight excluding hydrogens is 288 g/mol. The summed E-state index contributed by atoms with van der Waals surface area (Å²) in [6.45, 7) is 10.1. The molecule has 6 unspecified atom stereocenters. The fourth-order valence-corrected chi connectivity index (χ4v) is 6.64. The molecule has 0 aliphatic heterocycles. The predicted octanol–water partition coefficient (Wildman–Crippen LogP) is 7.72. The lowest BCUT2D eigenvalue weighted by atomic mass is 9.64. The van der Waals surface area contributed by atoms with Crippen LogP contribution in [0.4, 0.5) is 0 Å². The van der Waals surface area contributed by atoms with Crippen molar-refractivity contribution in [1.82, 2.24) is 0 Å². The monoisotopic (exact) mass is 332 g/mol. The van der Waals surface area contributed by atoms with Gasteiger partial charge in [0.2, 0.25) is 0 Å². The van der Waals surface area contributed by atoms with Crippen molar-refractivity contribution in [3.63, 3.8) is 0 Å². The molecule has 0 saturated heterocycles. The third-order valence-corrected chi connectivity index (χ3v) is 8.81. The highest BCUT2D eigenvalue weighted by molar-refractivity contribution is 4.86. The maximum Gasteiger partial charge on any atom is -0.0360 e. The summed E-state index contributed by atoms with van der Waals surface area (Å²) in [6.07, 6.45) is 18.4. The normalized spacial score (nSPS) is 48.5. The van der Waals surface area contributed by atoms with E-state index in [1.54, 1.807) is 32.1 Å². The molecule has 0 amide bonds. The highest BCUT2D eigenvalue weighted by atomic mass is 14.4. The maximum atomic E-state index is 2.61. The van der Waals surface area contributed by atoms with Gasteiger partial charge in [-0.25, -0.2) is 0 Å². The van der Waals surface area contributed by atoms with Crippen molar-refractivity contribution in [3.05, 3.63) is 0 Å². The average Bonchev–Trinajstić information content (AvgIpc) is 2.56. The Kier molecular flexibility index (Phi) is 6.72. The molecule has 0 heteroatoms. The summed E-state index contributed by atoms with van der Waals surface area (Å²) in [5.74, 6) is 8.20. The molecule has 3 fully saturated rings. The Hall–Kier alpha value is 0. The van der Waals surface area contributed by atoms with E-state index in [-0.39, 0.29) is 0 Å². The van der Waals surface area contributed by atoms with Gasteiger partial charge in [0.1, 0.15) is 0 Å². The standard InChI is InChI=1S/C24H44/c1-17-8-12-22(13-9-17)21-6-5-7-24(19(3)11-14-21)23-15-10-18(2)20(4)16-23/h17-24H,5-16H2,1-4H3. The highest BCUT2D eigenvalue weighted by Crippen LogP contribution is 2.46. The molecule has 24 heavy (non-hydrogen) atoms. The molecule has 0 bridgehead atoms. The summed E-state index contributed by atoms with van der Waals surface area (Å²) < 4.78 is 0. The van der Waals surface area contributed by atoms with Crippen LogP contribution in [0.5, 0.6) is 0 Å². The van der Waals surface area contributed by atoms with E-state index < -0.39 is 0 Å². The van der Waals surface area contributed by atoms with Crippen LogP contribution in [-0.2, 0) is 0 Å². The molecule has 0 nitrogen and oxygen atoms in total. The quantitative estimate of drug-likeness (QED) is 0.485. The topological polar surface area (TPSA) is 0 Å². The second-order valence-electron chi connectivity index (χ2n) is 10.5. The van der Waals surface area contributed by atoms with Crippen molar-refractivity contribution < 1.29 is 0 Å². The largest absolute Gasteiger partial charge is 0.0625 e. The predicted molar refractivity (Wildman–Crippen MR) is 106 cm³/mol. The SMILES string of the molecule is CC1CCC(C2CCCC(C3CCC(C)C(C)C3)C(C)CC2)CC1. The van der Waals surface area contributed by atoms with Gasteiger partial charge in [0.25, 0.3) is 0 Å². The van der Waals surface area contributed by atoms with Crippen molar-refractivity contribution in [2.75, 3.05) is 0 Å². The van der Waals surface area contributed by atoms with Gasteiger partial charge in [-0.1, -0.05) is 66.2 Å². The van der Waals surface area contributed by atoms with Crippen LogP contribution in [0.15, 0.2) is 0 Å². The Balaban J connectivity index is 1.52. The zero-order valence-corrected chi connectivity index (χ0v) is 17.1. The summed E-state index contributed by atoms with van der Waals surface area (Å²) in [7, 11) is 0. The molecule has 0 aromatic heterocycles. The van der Waals surface area contributed by atoms with E-state index in [1.807, 2.05) is 0 Å². The summed E-state index contributed by atoms with van der Waals surface area (Å²) in [4.78, 5) is 0. The Bertz CT molecular complexity index is 364. The maximum absolute atomic E-state index is 2.61. The first-order valence-electron chi connectivity index (χ1n) is 11.5. The Morgan fingerprint density at radius 1 is 0.458 bits per heavy atom. The first-order chi connectivity index (χ1) is 11.5.